The number of amides is 2. The molecule has 2 atom stereocenters. The zero-order valence-corrected chi connectivity index (χ0v) is 20.1. The van der Waals surface area contributed by atoms with Gasteiger partial charge in [0.15, 0.2) is 0 Å². The molecule has 0 N–H and O–H groups in total. The second-order valence-corrected chi connectivity index (χ2v) is 9.10. The van der Waals surface area contributed by atoms with E-state index in [-0.39, 0.29) is 17.7 Å². The first-order chi connectivity index (χ1) is 17.1. The highest BCUT2D eigenvalue weighted by atomic mass is 16.5. The number of methoxy groups -OCH3 is 2. The molecule has 2 aliphatic rings. The number of ether oxygens (including phenoxy) is 2. The number of carbonyl (C=O) groups excluding carboxylic acids is 2. The number of fused-ring (bicyclic) bond motifs is 1. The number of rotatable bonds is 5. The predicted octanol–water partition coefficient (Wildman–Crippen LogP) is 4.77. The summed E-state index contributed by atoms with van der Waals surface area (Å²) in [5.74, 6) is 1.24. The highest BCUT2D eigenvalue weighted by Crippen LogP contribution is 2.42. The molecule has 1 fully saturated rings. The van der Waals surface area contributed by atoms with Crippen LogP contribution in [0.15, 0.2) is 72.8 Å². The van der Waals surface area contributed by atoms with Gasteiger partial charge in [-0.05, 0) is 65.9 Å². The van der Waals surface area contributed by atoms with E-state index in [4.69, 9.17) is 9.47 Å². The molecule has 0 saturated carbocycles. The fraction of sp³-hybridized carbons (Fsp3) is 0.310. The Kier molecular flexibility index (Phi) is 6.45. The molecule has 1 saturated heterocycles. The lowest BCUT2D eigenvalue weighted by molar-refractivity contribution is -0.139. The number of nitrogens with zero attached hydrogens (tertiary/aromatic N) is 2. The van der Waals surface area contributed by atoms with Crippen molar-refractivity contribution in [2.24, 2.45) is 5.92 Å². The molecule has 5 rings (SSSR count). The summed E-state index contributed by atoms with van der Waals surface area (Å²) in [6, 6.07) is 23.1. The Morgan fingerprint density at radius 2 is 1.46 bits per heavy atom. The van der Waals surface area contributed by atoms with Crippen molar-refractivity contribution >= 4 is 17.5 Å². The molecule has 0 aromatic heterocycles. The van der Waals surface area contributed by atoms with Gasteiger partial charge in [-0.25, -0.2) is 0 Å². The van der Waals surface area contributed by atoms with Crippen molar-refractivity contribution in [3.05, 3.63) is 89.5 Å². The van der Waals surface area contributed by atoms with Gasteiger partial charge in [-0.3, -0.25) is 9.59 Å². The zero-order chi connectivity index (χ0) is 24.4. The molecule has 2 amide bonds. The van der Waals surface area contributed by atoms with Gasteiger partial charge < -0.3 is 19.3 Å². The maximum Gasteiger partial charge on any atom is 0.228 e. The predicted molar refractivity (Wildman–Crippen MR) is 135 cm³/mol. The largest absolute Gasteiger partial charge is 0.497 e. The van der Waals surface area contributed by atoms with Crippen LogP contribution in [0.4, 0.5) is 5.69 Å². The molecule has 2 heterocycles. The first-order valence-electron chi connectivity index (χ1n) is 12.0. The van der Waals surface area contributed by atoms with Crippen LogP contribution in [-0.2, 0) is 22.6 Å². The zero-order valence-electron chi connectivity index (χ0n) is 20.1. The number of anilines is 1. The van der Waals surface area contributed by atoms with E-state index in [0.29, 0.717) is 25.9 Å². The molecule has 180 valence electrons. The Labute approximate surface area is 206 Å². The minimum Gasteiger partial charge on any atom is -0.497 e. The van der Waals surface area contributed by atoms with Crippen molar-refractivity contribution in [3.8, 4) is 11.5 Å². The van der Waals surface area contributed by atoms with Crippen LogP contribution in [0.1, 0.15) is 35.6 Å². The minimum atomic E-state index is -0.403. The fourth-order valence-corrected chi connectivity index (χ4v) is 5.30. The van der Waals surface area contributed by atoms with Gasteiger partial charge in [0.1, 0.15) is 11.5 Å². The van der Waals surface area contributed by atoms with Gasteiger partial charge in [-0.1, -0.05) is 36.4 Å². The van der Waals surface area contributed by atoms with Crippen molar-refractivity contribution in [1.29, 1.82) is 0 Å². The molecule has 0 spiro atoms. The van der Waals surface area contributed by atoms with E-state index in [0.717, 1.165) is 29.2 Å². The number of hydrogen-bond donors (Lipinski definition) is 0. The van der Waals surface area contributed by atoms with Gasteiger partial charge in [-0.2, -0.15) is 0 Å². The first-order valence-corrected chi connectivity index (χ1v) is 12.0. The van der Waals surface area contributed by atoms with E-state index >= 15 is 0 Å². The summed E-state index contributed by atoms with van der Waals surface area (Å²) < 4.78 is 10.7. The van der Waals surface area contributed by atoms with Crippen molar-refractivity contribution in [1.82, 2.24) is 4.90 Å². The van der Waals surface area contributed by atoms with Crippen LogP contribution in [0, 0.1) is 5.92 Å². The number of benzene rings is 3. The highest BCUT2D eigenvalue weighted by Gasteiger charge is 2.43. The van der Waals surface area contributed by atoms with E-state index in [1.165, 1.54) is 11.1 Å². The van der Waals surface area contributed by atoms with Crippen molar-refractivity contribution in [2.45, 2.75) is 31.8 Å². The van der Waals surface area contributed by atoms with Crippen molar-refractivity contribution in [2.75, 3.05) is 25.7 Å². The Hall–Kier alpha value is -3.80. The molecule has 6 nitrogen and oxygen atoms in total. The molecule has 35 heavy (non-hydrogen) atoms. The Bertz CT molecular complexity index is 1210. The standard InChI is InChI=1S/C29H30N2O4/c1-34-24-11-7-21(8-12-24)28-26(29(33)30-18-17-20-5-3-4-6-22(20)19-30)15-16-27(32)31(28)23-9-13-25(35-2)14-10-23/h3-14,26,28H,15-19H2,1-2H3. The van der Waals surface area contributed by atoms with E-state index in [1.54, 1.807) is 19.1 Å². The van der Waals surface area contributed by atoms with Gasteiger partial charge in [0, 0.05) is 25.2 Å². The number of piperidine rings is 1. The second kappa shape index (κ2) is 9.82. The van der Waals surface area contributed by atoms with E-state index in [9.17, 15) is 9.59 Å². The third-order valence-electron chi connectivity index (χ3n) is 7.16. The van der Waals surface area contributed by atoms with E-state index in [1.807, 2.05) is 59.5 Å². The third-order valence-corrected chi connectivity index (χ3v) is 7.16. The molecular formula is C29H30N2O4. The summed E-state index contributed by atoms with van der Waals surface area (Å²) in [5, 5.41) is 0. The lowest BCUT2D eigenvalue weighted by atomic mass is 9.82. The molecule has 6 heteroatoms. The summed E-state index contributed by atoms with van der Waals surface area (Å²) in [4.78, 5) is 31.1. The lowest BCUT2D eigenvalue weighted by Crippen LogP contribution is -2.50. The quantitative estimate of drug-likeness (QED) is 0.539. The normalized spacial score (nSPS) is 19.8. The smallest absolute Gasteiger partial charge is 0.228 e. The monoisotopic (exact) mass is 470 g/mol. The average Bonchev–Trinajstić information content (AvgIpc) is 2.92. The van der Waals surface area contributed by atoms with Crippen LogP contribution in [0.2, 0.25) is 0 Å². The van der Waals surface area contributed by atoms with Gasteiger partial charge in [-0.15, -0.1) is 0 Å². The molecule has 0 aliphatic carbocycles. The van der Waals surface area contributed by atoms with Gasteiger partial charge in [0.25, 0.3) is 0 Å². The Balaban J connectivity index is 1.52. The maximum atomic E-state index is 14.0. The van der Waals surface area contributed by atoms with Crippen LogP contribution in [0.5, 0.6) is 11.5 Å². The average molecular weight is 471 g/mol. The third kappa shape index (κ3) is 4.48. The Morgan fingerprint density at radius 1 is 0.829 bits per heavy atom. The summed E-state index contributed by atoms with van der Waals surface area (Å²) in [7, 11) is 3.25. The van der Waals surface area contributed by atoms with Crippen LogP contribution in [-0.4, -0.2) is 37.5 Å². The fourth-order valence-electron chi connectivity index (χ4n) is 5.30. The highest BCUT2D eigenvalue weighted by molar-refractivity contribution is 5.97. The van der Waals surface area contributed by atoms with Crippen LogP contribution in [0.25, 0.3) is 0 Å². The molecule has 2 aliphatic heterocycles. The summed E-state index contributed by atoms with van der Waals surface area (Å²) >= 11 is 0. The first kappa shape index (κ1) is 23.0. The van der Waals surface area contributed by atoms with Crippen LogP contribution < -0.4 is 14.4 Å². The van der Waals surface area contributed by atoms with Crippen LogP contribution in [0.3, 0.4) is 0 Å². The summed E-state index contributed by atoms with van der Waals surface area (Å²) in [6.07, 6.45) is 1.71. The van der Waals surface area contributed by atoms with Gasteiger partial charge in [0.05, 0.1) is 26.2 Å². The lowest BCUT2D eigenvalue weighted by Gasteiger charge is -2.43. The topological polar surface area (TPSA) is 59.1 Å². The van der Waals surface area contributed by atoms with Crippen molar-refractivity contribution < 1.29 is 19.1 Å². The molecular weight excluding hydrogens is 440 g/mol. The molecule has 0 bridgehead atoms. The molecule has 0 radical (unpaired) electrons. The van der Waals surface area contributed by atoms with E-state index < -0.39 is 6.04 Å². The summed E-state index contributed by atoms with van der Waals surface area (Å²) in [5.41, 5.74) is 4.19. The van der Waals surface area contributed by atoms with Crippen molar-refractivity contribution in [3.63, 3.8) is 0 Å². The van der Waals surface area contributed by atoms with E-state index in [2.05, 4.69) is 18.2 Å². The number of hydrogen-bond acceptors (Lipinski definition) is 4. The molecule has 3 aromatic carbocycles. The minimum absolute atomic E-state index is 0.0176. The maximum absolute atomic E-state index is 14.0. The van der Waals surface area contributed by atoms with Gasteiger partial charge in [0.2, 0.25) is 11.8 Å². The summed E-state index contributed by atoms with van der Waals surface area (Å²) in [6.45, 7) is 1.30. The van der Waals surface area contributed by atoms with Crippen LogP contribution >= 0.6 is 0 Å². The SMILES string of the molecule is COc1ccc(C2C(C(=O)N3CCc4ccccc4C3)CCC(=O)N2c2ccc(OC)cc2)cc1. The second-order valence-electron chi connectivity index (χ2n) is 9.10. The molecule has 3 aromatic rings. The number of carbonyl (C=O) groups is 2. The molecule has 2 unspecified atom stereocenters. The Morgan fingerprint density at radius 3 is 2.11 bits per heavy atom. The van der Waals surface area contributed by atoms with Gasteiger partial charge >= 0.3 is 0 Å².